The molecule has 0 unspecified atom stereocenters. The Balaban J connectivity index is 1.96. The first-order chi connectivity index (χ1) is 11.4. The first-order valence-corrected chi connectivity index (χ1v) is 7.65. The van der Waals surface area contributed by atoms with Crippen molar-refractivity contribution >= 4 is 23.7 Å². The van der Waals surface area contributed by atoms with E-state index in [0.717, 1.165) is 22.3 Å². The van der Waals surface area contributed by atoms with Crippen LogP contribution in [-0.4, -0.2) is 18.0 Å². The average molecular weight is 323 g/mol. The first kappa shape index (κ1) is 17.4. The number of hydrazone groups is 1. The minimum Gasteiger partial charge on any atom is -0.318 e. The summed E-state index contributed by atoms with van der Waals surface area (Å²) < 4.78 is 0. The molecule has 0 fully saturated rings. The number of amides is 2. The maximum Gasteiger partial charge on any atom is 0.329 e. The zero-order valence-corrected chi connectivity index (χ0v) is 14.3. The van der Waals surface area contributed by atoms with Crippen LogP contribution >= 0.6 is 0 Å². The molecule has 0 aliphatic carbocycles. The second-order valence-electron chi connectivity index (χ2n) is 5.81. The van der Waals surface area contributed by atoms with Crippen molar-refractivity contribution in [2.24, 2.45) is 5.10 Å². The summed E-state index contributed by atoms with van der Waals surface area (Å²) in [5, 5.41) is 6.39. The monoisotopic (exact) mass is 323 g/mol. The number of nitrogens with one attached hydrogen (secondary N) is 2. The Hall–Kier alpha value is -2.95. The van der Waals surface area contributed by atoms with Crippen molar-refractivity contribution in [3.8, 4) is 0 Å². The summed E-state index contributed by atoms with van der Waals surface area (Å²) in [6, 6.07) is 11.2. The van der Waals surface area contributed by atoms with Gasteiger partial charge in [-0.3, -0.25) is 9.59 Å². The number of hydrogen-bond donors (Lipinski definition) is 2. The van der Waals surface area contributed by atoms with Crippen molar-refractivity contribution in [2.45, 2.75) is 27.7 Å². The molecule has 0 aromatic heterocycles. The molecule has 2 aromatic carbocycles. The van der Waals surface area contributed by atoms with Crippen LogP contribution in [0.1, 0.15) is 27.8 Å². The van der Waals surface area contributed by atoms with E-state index in [1.807, 2.05) is 45.9 Å². The lowest BCUT2D eigenvalue weighted by Crippen LogP contribution is -2.32. The number of carbonyl (C=O) groups excluding carboxylic acids is 2. The number of anilines is 1. The molecule has 124 valence electrons. The molecular weight excluding hydrogens is 302 g/mol. The molecule has 0 aliphatic heterocycles. The molecule has 0 aliphatic rings. The molecule has 5 heteroatoms. The van der Waals surface area contributed by atoms with Crippen LogP contribution < -0.4 is 10.7 Å². The number of aryl methyl sites for hydroxylation is 4. The standard InChI is InChI=1S/C19H21N3O2/c1-12-5-7-17(8-6-12)21-18(23)19(24)22-20-11-16-10-14(3)13(2)9-15(16)4/h5-11H,1-4H3,(H,21,23)(H,22,24)/b20-11-. The topological polar surface area (TPSA) is 70.6 Å². The van der Waals surface area contributed by atoms with E-state index in [9.17, 15) is 9.59 Å². The van der Waals surface area contributed by atoms with Crippen LogP contribution in [0.4, 0.5) is 5.69 Å². The third-order valence-corrected chi connectivity index (χ3v) is 3.77. The zero-order valence-electron chi connectivity index (χ0n) is 14.3. The molecule has 2 aromatic rings. The van der Waals surface area contributed by atoms with Crippen LogP contribution in [0.5, 0.6) is 0 Å². The van der Waals surface area contributed by atoms with Gasteiger partial charge in [0, 0.05) is 5.69 Å². The van der Waals surface area contributed by atoms with Gasteiger partial charge in [0.15, 0.2) is 0 Å². The van der Waals surface area contributed by atoms with E-state index in [-0.39, 0.29) is 0 Å². The molecule has 0 bridgehead atoms. The van der Waals surface area contributed by atoms with Crippen molar-refractivity contribution in [1.29, 1.82) is 0 Å². The Morgan fingerprint density at radius 2 is 1.50 bits per heavy atom. The number of nitrogens with zero attached hydrogens (tertiary/aromatic N) is 1. The number of rotatable bonds is 3. The number of hydrogen-bond acceptors (Lipinski definition) is 3. The Kier molecular flexibility index (Phi) is 5.47. The van der Waals surface area contributed by atoms with Gasteiger partial charge in [0.25, 0.3) is 0 Å². The van der Waals surface area contributed by atoms with Gasteiger partial charge in [0.05, 0.1) is 6.21 Å². The van der Waals surface area contributed by atoms with E-state index in [1.165, 1.54) is 5.56 Å². The van der Waals surface area contributed by atoms with Crippen molar-refractivity contribution in [3.05, 3.63) is 64.2 Å². The van der Waals surface area contributed by atoms with Crippen LogP contribution in [0.3, 0.4) is 0 Å². The van der Waals surface area contributed by atoms with E-state index in [1.54, 1.807) is 18.3 Å². The van der Waals surface area contributed by atoms with E-state index in [2.05, 4.69) is 21.9 Å². The normalized spacial score (nSPS) is 10.7. The molecule has 2 amide bonds. The minimum atomic E-state index is -0.812. The molecule has 0 spiro atoms. The van der Waals surface area contributed by atoms with Gasteiger partial charge < -0.3 is 5.32 Å². The maximum absolute atomic E-state index is 11.8. The number of benzene rings is 2. The molecule has 2 N–H and O–H groups in total. The smallest absolute Gasteiger partial charge is 0.318 e. The zero-order chi connectivity index (χ0) is 17.7. The van der Waals surface area contributed by atoms with Gasteiger partial charge in [0.1, 0.15) is 0 Å². The lowest BCUT2D eigenvalue weighted by Gasteiger charge is -2.06. The van der Waals surface area contributed by atoms with Gasteiger partial charge in [-0.15, -0.1) is 0 Å². The third kappa shape index (κ3) is 4.52. The van der Waals surface area contributed by atoms with Crippen molar-refractivity contribution in [2.75, 3.05) is 5.32 Å². The second kappa shape index (κ2) is 7.55. The van der Waals surface area contributed by atoms with Crippen molar-refractivity contribution in [3.63, 3.8) is 0 Å². The summed E-state index contributed by atoms with van der Waals surface area (Å²) in [5.74, 6) is -1.57. The van der Waals surface area contributed by atoms with Crippen molar-refractivity contribution in [1.82, 2.24) is 5.43 Å². The molecule has 0 heterocycles. The van der Waals surface area contributed by atoms with Crippen LogP contribution in [0.2, 0.25) is 0 Å². The van der Waals surface area contributed by atoms with E-state index < -0.39 is 11.8 Å². The Morgan fingerprint density at radius 1 is 0.875 bits per heavy atom. The highest BCUT2D eigenvalue weighted by Crippen LogP contribution is 2.13. The predicted molar refractivity (Wildman–Crippen MR) is 96.2 cm³/mol. The van der Waals surface area contributed by atoms with Gasteiger partial charge in [-0.2, -0.15) is 5.10 Å². The lowest BCUT2D eigenvalue weighted by molar-refractivity contribution is -0.136. The summed E-state index contributed by atoms with van der Waals surface area (Å²) in [5.41, 5.74) is 8.18. The highest BCUT2D eigenvalue weighted by Gasteiger charge is 2.12. The van der Waals surface area contributed by atoms with E-state index in [4.69, 9.17) is 0 Å². The summed E-state index contributed by atoms with van der Waals surface area (Å²) >= 11 is 0. The Morgan fingerprint density at radius 3 is 2.17 bits per heavy atom. The van der Waals surface area contributed by atoms with E-state index >= 15 is 0 Å². The first-order valence-electron chi connectivity index (χ1n) is 7.65. The summed E-state index contributed by atoms with van der Waals surface area (Å²) in [6.45, 7) is 7.97. The molecule has 2 rings (SSSR count). The van der Waals surface area contributed by atoms with Crippen LogP contribution in [0.25, 0.3) is 0 Å². The van der Waals surface area contributed by atoms with Crippen LogP contribution in [0, 0.1) is 27.7 Å². The molecule has 24 heavy (non-hydrogen) atoms. The molecule has 0 radical (unpaired) electrons. The third-order valence-electron chi connectivity index (χ3n) is 3.77. The molecular formula is C19H21N3O2. The van der Waals surface area contributed by atoms with Gasteiger partial charge in [-0.25, -0.2) is 5.43 Å². The average Bonchev–Trinajstić information content (AvgIpc) is 2.54. The lowest BCUT2D eigenvalue weighted by atomic mass is 10.0. The summed E-state index contributed by atoms with van der Waals surface area (Å²) in [6.07, 6.45) is 1.54. The van der Waals surface area contributed by atoms with Crippen LogP contribution in [-0.2, 0) is 9.59 Å². The second-order valence-corrected chi connectivity index (χ2v) is 5.81. The summed E-state index contributed by atoms with van der Waals surface area (Å²) in [4.78, 5) is 23.6. The molecule has 0 atom stereocenters. The maximum atomic E-state index is 11.8. The Bertz CT molecular complexity index is 793. The SMILES string of the molecule is Cc1ccc(NC(=O)C(=O)N/N=C\c2cc(C)c(C)cc2C)cc1. The fourth-order valence-corrected chi connectivity index (χ4v) is 2.16. The van der Waals surface area contributed by atoms with Crippen molar-refractivity contribution < 1.29 is 9.59 Å². The predicted octanol–water partition coefficient (Wildman–Crippen LogP) is 3.01. The highest BCUT2D eigenvalue weighted by atomic mass is 16.2. The van der Waals surface area contributed by atoms with Gasteiger partial charge in [-0.1, -0.05) is 23.8 Å². The largest absolute Gasteiger partial charge is 0.329 e. The summed E-state index contributed by atoms with van der Waals surface area (Å²) in [7, 11) is 0. The minimum absolute atomic E-state index is 0.565. The molecule has 0 saturated heterocycles. The fraction of sp³-hybridized carbons (Fsp3) is 0.211. The number of carbonyl (C=O) groups is 2. The molecule has 5 nitrogen and oxygen atoms in total. The van der Waals surface area contributed by atoms with Gasteiger partial charge >= 0.3 is 11.8 Å². The van der Waals surface area contributed by atoms with E-state index in [0.29, 0.717) is 5.69 Å². The molecule has 0 saturated carbocycles. The fourth-order valence-electron chi connectivity index (χ4n) is 2.16. The highest BCUT2D eigenvalue weighted by molar-refractivity contribution is 6.39. The Labute approximate surface area is 141 Å². The van der Waals surface area contributed by atoms with Crippen LogP contribution in [0.15, 0.2) is 41.5 Å². The quantitative estimate of drug-likeness (QED) is 0.518. The van der Waals surface area contributed by atoms with Gasteiger partial charge in [-0.05, 0) is 68.1 Å². The van der Waals surface area contributed by atoms with Gasteiger partial charge in [0.2, 0.25) is 0 Å².